The molecule has 0 heterocycles. The van der Waals surface area contributed by atoms with Crippen molar-refractivity contribution in [3.63, 3.8) is 0 Å². The molecule has 0 radical (unpaired) electrons. The van der Waals surface area contributed by atoms with Crippen molar-refractivity contribution in [1.82, 2.24) is 0 Å². The first-order chi connectivity index (χ1) is 9.38. The van der Waals surface area contributed by atoms with Crippen LogP contribution in [0.5, 0.6) is 5.75 Å². The molecule has 108 valence electrons. The minimum Gasteiger partial charge on any atom is -0.492 e. The van der Waals surface area contributed by atoms with E-state index in [4.69, 9.17) is 4.74 Å². The molecule has 0 aromatic heterocycles. The molecule has 0 aliphatic carbocycles. The van der Waals surface area contributed by atoms with E-state index in [2.05, 4.69) is 0 Å². The lowest BCUT2D eigenvalue weighted by atomic mass is 10.0. The number of ether oxygens (including phenoxy) is 1. The van der Waals surface area contributed by atoms with Gasteiger partial charge in [-0.3, -0.25) is 0 Å². The minimum absolute atomic E-state index is 0.322. The maximum Gasteiger partial charge on any atom is 0.392 e. The van der Waals surface area contributed by atoms with Crippen molar-refractivity contribution in [2.75, 3.05) is 6.61 Å². The first-order valence-electron chi connectivity index (χ1n) is 6.28. The molecule has 5 heteroatoms. The van der Waals surface area contributed by atoms with Gasteiger partial charge in [-0.15, -0.1) is 0 Å². The Labute approximate surface area is 114 Å². The molecule has 2 rings (SSSR count). The monoisotopic (exact) mass is 284 g/mol. The molecule has 20 heavy (non-hydrogen) atoms. The number of hydrogen-bond acceptors (Lipinski definition) is 2. The predicted octanol–water partition coefficient (Wildman–Crippen LogP) is 4.22. The smallest absolute Gasteiger partial charge is 0.392 e. The summed E-state index contributed by atoms with van der Waals surface area (Å²) in [5.41, 5.74) is 0.492. The second-order valence-electron chi connectivity index (χ2n) is 4.59. The highest BCUT2D eigenvalue weighted by molar-refractivity contribution is 5.89. The Morgan fingerprint density at radius 1 is 1.15 bits per heavy atom. The first-order valence-corrected chi connectivity index (χ1v) is 6.28. The number of rotatable bonds is 4. The van der Waals surface area contributed by atoms with Crippen LogP contribution in [-0.2, 0) is 0 Å². The van der Waals surface area contributed by atoms with E-state index < -0.39 is 25.3 Å². The molecule has 0 saturated heterocycles. The molecule has 2 aromatic rings. The van der Waals surface area contributed by atoms with Crippen LogP contribution in [-0.4, -0.2) is 17.9 Å². The molecule has 0 aliphatic heterocycles. The van der Waals surface area contributed by atoms with E-state index in [1.807, 2.05) is 18.2 Å². The summed E-state index contributed by atoms with van der Waals surface area (Å²) in [4.78, 5) is 0. The molecule has 0 aliphatic rings. The summed E-state index contributed by atoms with van der Waals surface area (Å²) in [6, 6.07) is 10.7. The fourth-order valence-electron chi connectivity index (χ4n) is 2.02. The van der Waals surface area contributed by atoms with Crippen LogP contribution in [0, 0.1) is 0 Å². The Bertz CT molecular complexity index is 591. The highest BCUT2D eigenvalue weighted by Gasteiger charge is 2.27. The summed E-state index contributed by atoms with van der Waals surface area (Å²) in [7, 11) is 0. The third-order valence-corrected chi connectivity index (χ3v) is 2.99. The Morgan fingerprint density at radius 3 is 2.50 bits per heavy atom. The summed E-state index contributed by atoms with van der Waals surface area (Å²) in [5.74, 6) is 0.322. The van der Waals surface area contributed by atoms with Crippen LogP contribution in [0.2, 0.25) is 0 Å². The normalized spacial score (nSPS) is 13.4. The van der Waals surface area contributed by atoms with Gasteiger partial charge in [-0.2, -0.15) is 13.2 Å². The van der Waals surface area contributed by atoms with E-state index in [-0.39, 0.29) is 0 Å². The van der Waals surface area contributed by atoms with Crippen molar-refractivity contribution in [3.05, 3.63) is 42.0 Å². The topological polar surface area (TPSA) is 29.5 Å². The van der Waals surface area contributed by atoms with Crippen LogP contribution < -0.4 is 4.74 Å². The van der Waals surface area contributed by atoms with Crippen molar-refractivity contribution in [3.8, 4) is 5.75 Å². The molecule has 0 spiro atoms. The zero-order chi connectivity index (χ0) is 14.8. The van der Waals surface area contributed by atoms with Crippen molar-refractivity contribution in [1.29, 1.82) is 0 Å². The lowest BCUT2D eigenvalue weighted by molar-refractivity contribution is -0.139. The lowest BCUT2D eigenvalue weighted by Gasteiger charge is -2.16. The Morgan fingerprint density at radius 2 is 1.85 bits per heavy atom. The van der Waals surface area contributed by atoms with E-state index in [1.165, 1.54) is 0 Å². The van der Waals surface area contributed by atoms with Crippen molar-refractivity contribution in [2.24, 2.45) is 0 Å². The maximum atomic E-state index is 12.2. The van der Waals surface area contributed by atoms with Gasteiger partial charge >= 0.3 is 6.18 Å². The average Bonchev–Trinajstić information content (AvgIpc) is 2.37. The average molecular weight is 284 g/mol. The molecule has 0 amide bonds. The van der Waals surface area contributed by atoms with Gasteiger partial charge in [0, 0.05) is 10.9 Å². The number of benzene rings is 2. The Balaban J connectivity index is 2.35. The maximum absolute atomic E-state index is 12.2. The third kappa shape index (κ3) is 3.42. The fourth-order valence-corrected chi connectivity index (χ4v) is 2.02. The number of halogens is 3. The molecule has 2 aromatic carbocycles. The number of aliphatic hydroxyl groups excluding tert-OH is 1. The van der Waals surface area contributed by atoms with Crippen LogP contribution in [0.4, 0.5) is 13.2 Å². The van der Waals surface area contributed by atoms with Gasteiger partial charge in [-0.1, -0.05) is 36.4 Å². The van der Waals surface area contributed by atoms with Crippen molar-refractivity contribution < 1.29 is 23.0 Å². The van der Waals surface area contributed by atoms with Gasteiger partial charge in [-0.05, 0) is 12.3 Å². The largest absolute Gasteiger partial charge is 0.492 e. The van der Waals surface area contributed by atoms with Gasteiger partial charge in [0.05, 0.1) is 19.1 Å². The highest BCUT2D eigenvalue weighted by Crippen LogP contribution is 2.34. The van der Waals surface area contributed by atoms with Crippen molar-refractivity contribution in [2.45, 2.75) is 25.6 Å². The van der Waals surface area contributed by atoms with Crippen LogP contribution in [0.15, 0.2) is 36.4 Å². The molecule has 2 nitrogen and oxygen atoms in total. The number of fused-ring (bicyclic) bond motifs is 1. The quantitative estimate of drug-likeness (QED) is 0.910. The van der Waals surface area contributed by atoms with E-state index in [9.17, 15) is 18.3 Å². The summed E-state index contributed by atoms with van der Waals surface area (Å²) in [6.07, 6.45) is -6.08. The van der Waals surface area contributed by atoms with Crippen LogP contribution in [0.1, 0.15) is 25.0 Å². The van der Waals surface area contributed by atoms with E-state index >= 15 is 0 Å². The summed E-state index contributed by atoms with van der Waals surface area (Å²) in [6.45, 7) is 1.10. The minimum atomic E-state index is -4.25. The molecular weight excluding hydrogens is 269 g/mol. The molecule has 1 N–H and O–H groups in total. The zero-order valence-corrected chi connectivity index (χ0v) is 10.9. The summed E-state index contributed by atoms with van der Waals surface area (Å²) < 4.78 is 41.9. The first kappa shape index (κ1) is 14.7. The summed E-state index contributed by atoms with van der Waals surface area (Å²) in [5, 5.41) is 11.3. The van der Waals surface area contributed by atoms with E-state index in [0.717, 1.165) is 5.39 Å². The SMILES string of the molecule is CC(O)c1ccc2ccccc2c1OCCC(F)(F)F. The zero-order valence-electron chi connectivity index (χ0n) is 10.9. The molecular formula is C15H15F3O2. The van der Waals surface area contributed by atoms with Crippen molar-refractivity contribution >= 4 is 10.8 Å². The Kier molecular flexibility index (Phi) is 4.18. The molecule has 0 saturated carbocycles. The van der Waals surface area contributed by atoms with Gasteiger partial charge in [0.15, 0.2) is 0 Å². The van der Waals surface area contributed by atoms with Gasteiger partial charge < -0.3 is 9.84 Å². The lowest BCUT2D eigenvalue weighted by Crippen LogP contribution is -2.14. The second kappa shape index (κ2) is 5.71. The van der Waals surface area contributed by atoms with E-state index in [1.54, 1.807) is 25.1 Å². The third-order valence-electron chi connectivity index (χ3n) is 2.99. The van der Waals surface area contributed by atoms with Gasteiger partial charge in [0.1, 0.15) is 5.75 Å². The molecule has 1 atom stereocenters. The standard InChI is InChI=1S/C15H15F3O2/c1-10(19)12-7-6-11-4-2-3-5-13(11)14(12)20-9-8-15(16,17)18/h2-7,10,19H,8-9H2,1H3. The highest BCUT2D eigenvalue weighted by atomic mass is 19.4. The van der Waals surface area contributed by atoms with Gasteiger partial charge in [0.25, 0.3) is 0 Å². The predicted molar refractivity (Wildman–Crippen MR) is 70.7 cm³/mol. The van der Waals surface area contributed by atoms with E-state index in [0.29, 0.717) is 16.7 Å². The van der Waals surface area contributed by atoms with Gasteiger partial charge in [-0.25, -0.2) is 0 Å². The van der Waals surface area contributed by atoms with Crippen LogP contribution in [0.3, 0.4) is 0 Å². The molecule has 0 bridgehead atoms. The number of alkyl halides is 3. The fraction of sp³-hybridized carbons (Fsp3) is 0.333. The number of hydrogen-bond donors (Lipinski definition) is 1. The Hall–Kier alpha value is -1.75. The second-order valence-corrected chi connectivity index (χ2v) is 4.59. The van der Waals surface area contributed by atoms with Gasteiger partial charge in [0.2, 0.25) is 0 Å². The van der Waals surface area contributed by atoms with Crippen LogP contribution in [0.25, 0.3) is 10.8 Å². The number of aliphatic hydroxyl groups is 1. The van der Waals surface area contributed by atoms with Crippen LogP contribution >= 0.6 is 0 Å². The molecule has 0 fully saturated rings. The molecule has 1 unspecified atom stereocenters. The summed E-state index contributed by atoms with van der Waals surface area (Å²) >= 11 is 0.